The van der Waals surface area contributed by atoms with Crippen LogP contribution in [0.25, 0.3) is 10.8 Å². The van der Waals surface area contributed by atoms with Crippen molar-refractivity contribution in [1.29, 1.82) is 0 Å². The van der Waals surface area contributed by atoms with Gasteiger partial charge in [0.1, 0.15) is 29.7 Å². The second kappa shape index (κ2) is 31.7. The lowest BCUT2D eigenvalue weighted by Crippen LogP contribution is -2.51. The Labute approximate surface area is 417 Å². The molecule has 1 aromatic heterocycles. The molecular weight excluding hydrogens is 945 g/mol. The zero-order valence-electron chi connectivity index (χ0n) is 40.8. The molecule has 1 aliphatic rings. The Hall–Kier alpha value is -6.63. The van der Waals surface area contributed by atoms with Gasteiger partial charge in [-0.25, -0.2) is 14.4 Å². The molecule has 1 saturated heterocycles. The van der Waals surface area contributed by atoms with Crippen molar-refractivity contribution in [2.45, 2.75) is 109 Å². The Morgan fingerprint density at radius 2 is 1.11 bits per heavy atom. The Kier molecular flexibility index (Phi) is 26.2. The molecule has 0 saturated carbocycles. The molecular formula is C48H70N8O16. The van der Waals surface area contributed by atoms with Crippen molar-refractivity contribution in [3.8, 4) is 0 Å². The number of carbonyl (C=O) groups is 10. The highest BCUT2D eigenvalue weighted by atomic mass is 16.4. The van der Waals surface area contributed by atoms with Gasteiger partial charge in [-0.1, -0.05) is 30.7 Å². The van der Waals surface area contributed by atoms with Crippen molar-refractivity contribution in [3.05, 3.63) is 42.2 Å². The highest BCUT2D eigenvalue weighted by molar-refractivity contribution is 5.87. The van der Waals surface area contributed by atoms with Crippen LogP contribution in [0.1, 0.15) is 89.7 Å². The van der Waals surface area contributed by atoms with Gasteiger partial charge in [0.05, 0.1) is 31.9 Å². The molecule has 0 aliphatic carbocycles. The van der Waals surface area contributed by atoms with E-state index in [1.165, 1.54) is 6.92 Å². The molecule has 24 heteroatoms. The van der Waals surface area contributed by atoms with E-state index in [9.17, 15) is 78.6 Å². The largest absolute Gasteiger partial charge is 0.480 e. The first-order valence-electron chi connectivity index (χ1n) is 24.2. The van der Waals surface area contributed by atoms with Gasteiger partial charge in [0.15, 0.2) is 0 Å². The maximum Gasteiger partial charge on any atom is 0.326 e. The SMILES string of the molecule is CC(=O)CC[C@H](NC(=O)N[C@@H](CCCCN(Cc1nccc2ccccc12)C(=O)CCCCCC(=O)CCC(C(=O)O)N1CCN(CC(=O)O)CCN(CC(=O)O)CCN(CC(=O)O)CC1)C(=O)O)C(=O)O. The van der Waals surface area contributed by atoms with E-state index in [0.29, 0.717) is 31.4 Å². The molecule has 0 radical (unpaired) electrons. The lowest BCUT2D eigenvalue weighted by Gasteiger charge is -2.35. The van der Waals surface area contributed by atoms with Gasteiger partial charge in [-0.15, -0.1) is 0 Å². The molecule has 1 fully saturated rings. The maximum absolute atomic E-state index is 13.8. The summed E-state index contributed by atoms with van der Waals surface area (Å²) in [6, 6.07) is 4.47. The summed E-state index contributed by atoms with van der Waals surface area (Å²) in [7, 11) is 0. The molecule has 1 aliphatic heterocycles. The molecule has 3 rings (SSSR count). The molecule has 0 bridgehead atoms. The van der Waals surface area contributed by atoms with E-state index in [0.717, 1.165) is 10.8 Å². The number of aliphatic carboxylic acids is 6. The number of hydrogen-bond donors (Lipinski definition) is 8. The third kappa shape index (κ3) is 23.1. The third-order valence-corrected chi connectivity index (χ3v) is 12.3. The van der Waals surface area contributed by atoms with Crippen LogP contribution in [0.3, 0.4) is 0 Å². The first-order valence-corrected chi connectivity index (χ1v) is 24.2. The summed E-state index contributed by atoms with van der Waals surface area (Å²) >= 11 is 0. The number of fused-ring (bicyclic) bond motifs is 1. The fourth-order valence-electron chi connectivity index (χ4n) is 8.38. The summed E-state index contributed by atoms with van der Waals surface area (Å²) in [4.78, 5) is 135. The normalized spacial score (nSPS) is 15.7. The highest BCUT2D eigenvalue weighted by Crippen LogP contribution is 2.20. The number of carboxylic acid groups (broad SMARTS) is 6. The van der Waals surface area contributed by atoms with Crippen LogP contribution in [-0.2, 0) is 49.7 Å². The van der Waals surface area contributed by atoms with E-state index in [-0.39, 0.29) is 154 Å². The van der Waals surface area contributed by atoms with E-state index in [4.69, 9.17) is 0 Å². The van der Waals surface area contributed by atoms with Gasteiger partial charge in [0.2, 0.25) is 5.91 Å². The topological polar surface area (TPSA) is 345 Å². The van der Waals surface area contributed by atoms with Crippen molar-refractivity contribution in [3.63, 3.8) is 0 Å². The van der Waals surface area contributed by atoms with Crippen molar-refractivity contribution < 1.29 is 78.6 Å². The first-order chi connectivity index (χ1) is 34.2. The average Bonchev–Trinajstić information content (AvgIpc) is 3.30. The van der Waals surface area contributed by atoms with E-state index in [1.54, 1.807) is 30.7 Å². The summed E-state index contributed by atoms with van der Waals surface area (Å²) in [5.41, 5.74) is 0.651. The van der Waals surface area contributed by atoms with Crippen molar-refractivity contribution in [1.82, 2.24) is 40.1 Å². The zero-order chi connectivity index (χ0) is 53.2. The number of pyridine rings is 1. The zero-order valence-corrected chi connectivity index (χ0v) is 40.8. The molecule has 2 heterocycles. The predicted octanol–water partition coefficient (Wildman–Crippen LogP) is 1.54. The number of carboxylic acids is 6. The van der Waals surface area contributed by atoms with Crippen LogP contribution in [0.5, 0.6) is 0 Å². The minimum atomic E-state index is -1.40. The van der Waals surface area contributed by atoms with Crippen LogP contribution >= 0.6 is 0 Å². The summed E-state index contributed by atoms with van der Waals surface area (Å²) in [5.74, 6) is -7.92. The van der Waals surface area contributed by atoms with Gasteiger partial charge in [0.25, 0.3) is 0 Å². The quantitative estimate of drug-likeness (QED) is 0.0497. The molecule has 1 aromatic carbocycles. The van der Waals surface area contributed by atoms with Crippen LogP contribution in [0.4, 0.5) is 4.79 Å². The van der Waals surface area contributed by atoms with E-state index >= 15 is 0 Å². The van der Waals surface area contributed by atoms with Gasteiger partial charge >= 0.3 is 41.8 Å². The van der Waals surface area contributed by atoms with Gasteiger partial charge in [-0.3, -0.25) is 53.4 Å². The minimum absolute atomic E-state index is 0.0327. The third-order valence-electron chi connectivity index (χ3n) is 12.3. The molecule has 2 aromatic rings. The summed E-state index contributed by atoms with van der Waals surface area (Å²) in [5, 5.41) is 64.3. The fraction of sp³-hybridized carbons (Fsp3) is 0.604. The summed E-state index contributed by atoms with van der Waals surface area (Å²) < 4.78 is 0. The lowest BCUT2D eigenvalue weighted by atomic mass is 10.0. The molecule has 1 unspecified atom stereocenters. The number of rotatable bonds is 31. The molecule has 398 valence electrons. The van der Waals surface area contributed by atoms with Gasteiger partial charge in [-0.2, -0.15) is 0 Å². The standard InChI is InChI=1S/C48H70N8O16/c1-33(57)14-16-38(46(68)69)51-48(72)50-37(45(66)67)12-7-8-20-56(29-39-36-11-6-5-9-34(36)18-19-49-39)41(59)13-4-2-3-10-35(58)15-17-40(47(70)71)55-27-25-53(31-43(62)63)23-21-52(30-42(60)61)22-24-54(26-28-55)32-44(64)65/h5-6,9,11,18-19,37-38,40H,2-4,7-8,10,12-17,20-32H2,1H3,(H,60,61)(H,62,63)(H,64,65)(H,66,67)(H,68,69)(H,70,71)(H2,50,51,72)/t37-,38-,40?/m0/s1. The number of urea groups is 1. The molecule has 72 heavy (non-hydrogen) atoms. The van der Waals surface area contributed by atoms with Gasteiger partial charge in [-0.05, 0) is 63.3 Å². The van der Waals surface area contributed by atoms with Crippen molar-refractivity contribution >= 4 is 70.1 Å². The Morgan fingerprint density at radius 3 is 1.64 bits per heavy atom. The molecule has 8 N–H and O–H groups in total. The molecule has 3 atom stereocenters. The number of amides is 3. The monoisotopic (exact) mass is 1010 g/mol. The number of benzene rings is 1. The lowest BCUT2D eigenvalue weighted by molar-refractivity contribution is -0.145. The van der Waals surface area contributed by atoms with E-state index < -0.39 is 60.0 Å². The Morgan fingerprint density at radius 1 is 0.583 bits per heavy atom. The van der Waals surface area contributed by atoms with Crippen molar-refractivity contribution in [2.24, 2.45) is 0 Å². The number of nitrogens with one attached hydrogen (secondary N) is 2. The minimum Gasteiger partial charge on any atom is -0.480 e. The first kappa shape index (κ1) is 59.7. The Balaban J connectivity index is 1.60. The number of carbonyl (C=O) groups excluding carboxylic acids is 4. The number of hydrogen-bond acceptors (Lipinski definition) is 15. The van der Waals surface area contributed by atoms with Crippen LogP contribution in [0.2, 0.25) is 0 Å². The Bertz CT molecular complexity index is 2140. The number of ketones is 2. The highest BCUT2D eigenvalue weighted by Gasteiger charge is 2.29. The second-order valence-electron chi connectivity index (χ2n) is 18.0. The molecule has 3 amide bonds. The molecule has 24 nitrogen and oxygen atoms in total. The van der Waals surface area contributed by atoms with E-state index in [2.05, 4.69) is 15.6 Å². The number of Topliss-reactive ketones (excluding diaryl/α,β-unsaturated/α-hetero) is 2. The van der Waals surface area contributed by atoms with Gasteiger partial charge in [0, 0.05) is 96.2 Å². The fourth-order valence-corrected chi connectivity index (χ4v) is 8.38. The van der Waals surface area contributed by atoms with E-state index in [1.807, 2.05) is 30.3 Å². The number of aromatic nitrogens is 1. The predicted molar refractivity (Wildman–Crippen MR) is 258 cm³/mol. The second-order valence-corrected chi connectivity index (χ2v) is 18.0. The van der Waals surface area contributed by atoms with Crippen LogP contribution in [0.15, 0.2) is 36.5 Å². The number of nitrogens with zero attached hydrogens (tertiary/aromatic N) is 6. The van der Waals surface area contributed by atoms with Crippen molar-refractivity contribution in [2.75, 3.05) is 78.5 Å². The van der Waals surface area contributed by atoms with Crippen LogP contribution < -0.4 is 10.6 Å². The van der Waals surface area contributed by atoms with Crippen LogP contribution in [0, 0.1) is 0 Å². The molecule has 0 spiro atoms. The van der Waals surface area contributed by atoms with Gasteiger partial charge < -0.3 is 51.0 Å². The smallest absolute Gasteiger partial charge is 0.326 e. The summed E-state index contributed by atoms with van der Waals surface area (Å²) in [6.45, 7) is 1.66. The summed E-state index contributed by atoms with van der Waals surface area (Å²) in [6.07, 6.45) is 3.43. The number of unbranched alkanes of at least 4 members (excludes halogenated alkanes) is 3. The average molecular weight is 1020 g/mol. The van der Waals surface area contributed by atoms with Crippen LogP contribution in [-0.4, -0.2) is 216 Å². The maximum atomic E-state index is 13.8.